The quantitative estimate of drug-likeness (QED) is 0.785. The molecule has 0 aliphatic carbocycles. The van der Waals surface area contributed by atoms with Gasteiger partial charge < -0.3 is 10.1 Å². The molecule has 6 heteroatoms. The van der Waals surface area contributed by atoms with Crippen molar-refractivity contribution in [3.8, 4) is 0 Å². The smallest absolute Gasteiger partial charge is 0.336 e. The summed E-state index contributed by atoms with van der Waals surface area (Å²) in [6, 6.07) is 16.4. The Bertz CT molecular complexity index is 949. The maximum Gasteiger partial charge on any atom is 0.336 e. The van der Waals surface area contributed by atoms with Crippen molar-refractivity contribution in [2.75, 3.05) is 16.8 Å². The Morgan fingerprint density at radius 1 is 1.07 bits per heavy atom. The van der Waals surface area contributed by atoms with Gasteiger partial charge in [-0.05, 0) is 45.0 Å². The lowest BCUT2D eigenvalue weighted by atomic mass is 9.88. The van der Waals surface area contributed by atoms with Gasteiger partial charge in [-0.25, -0.2) is 4.79 Å². The van der Waals surface area contributed by atoms with E-state index in [9.17, 15) is 14.4 Å². The Morgan fingerprint density at radius 2 is 1.72 bits per heavy atom. The summed E-state index contributed by atoms with van der Waals surface area (Å²) in [4.78, 5) is 40.1. The first-order chi connectivity index (χ1) is 13.9. The first-order valence-electron chi connectivity index (χ1n) is 9.55. The fraction of sp³-hybridized carbons (Fsp3) is 0.261. The molecule has 0 spiro atoms. The number of amides is 2. The molecular weight excluding hydrogens is 368 g/mol. The van der Waals surface area contributed by atoms with Crippen molar-refractivity contribution in [3.63, 3.8) is 0 Å². The second-order valence-corrected chi connectivity index (χ2v) is 6.90. The van der Waals surface area contributed by atoms with Gasteiger partial charge in [0.1, 0.15) is 0 Å². The van der Waals surface area contributed by atoms with Crippen LogP contribution in [-0.2, 0) is 19.1 Å². The summed E-state index contributed by atoms with van der Waals surface area (Å²) in [7, 11) is 0. The highest BCUT2D eigenvalue weighted by Gasteiger charge is 2.40. The minimum Gasteiger partial charge on any atom is -0.463 e. The van der Waals surface area contributed by atoms with Gasteiger partial charge in [0.25, 0.3) is 0 Å². The molecule has 6 nitrogen and oxygen atoms in total. The van der Waals surface area contributed by atoms with Crippen LogP contribution in [0.2, 0.25) is 0 Å². The van der Waals surface area contributed by atoms with Gasteiger partial charge in [0.05, 0.1) is 18.1 Å². The maximum atomic E-state index is 13.0. The summed E-state index contributed by atoms with van der Waals surface area (Å²) in [6.07, 6.45) is -0.113. The van der Waals surface area contributed by atoms with E-state index >= 15 is 0 Å². The highest BCUT2D eigenvalue weighted by molar-refractivity contribution is 6.10. The summed E-state index contributed by atoms with van der Waals surface area (Å²) < 4.78 is 5.20. The van der Waals surface area contributed by atoms with Crippen molar-refractivity contribution in [1.82, 2.24) is 0 Å². The van der Waals surface area contributed by atoms with Gasteiger partial charge in [-0.15, -0.1) is 0 Å². The molecule has 2 aromatic carbocycles. The number of anilines is 2. The molecule has 0 radical (unpaired) electrons. The lowest BCUT2D eigenvalue weighted by molar-refractivity contribution is -0.141. The van der Waals surface area contributed by atoms with Gasteiger partial charge in [0.2, 0.25) is 11.8 Å². The van der Waals surface area contributed by atoms with Crippen molar-refractivity contribution in [3.05, 3.63) is 71.4 Å². The third kappa shape index (κ3) is 4.37. The van der Waals surface area contributed by atoms with Crippen LogP contribution in [0.4, 0.5) is 11.4 Å². The SMILES string of the molecule is CCOC(=O)C1=C(C)N(c2ccccc2)C(=O)C[C@@H]1C(=O)Nc1ccc(C)cc1. The van der Waals surface area contributed by atoms with E-state index in [2.05, 4.69) is 5.32 Å². The molecule has 1 N–H and O–H groups in total. The van der Waals surface area contributed by atoms with E-state index in [4.69, 9.17) is 4.74 Å². The van der Waals surface area contributed by atoms with Crippen molar-refractivity contribution >= 4 is 29.2 Å². The highest BCUT2D eigenvalue weighted by Crippen LogP contribution is 2.34. The third-order valence-corrected chi connectivity index (χ3v) is 4.85. The average molecular weight is 392 g/mol. The molecule has 29 heavy (non-hydrogen) atoms. The van der Waals surface area contributed by atoms with Crippen LogP contribution in [0.25, 0.3) is 0 Å². The Morgan fingerprint density at radius 3 is 2.34 bits per heavy atom. The van der Waals surface area contributed by atoms with Crippen LogP contribution in [0.5, 0.6) is 0 Å². The second kappa shape index (κ2) is 8.73. The summed E-state index contributed by atoms with van der Waals surface area (Å²) in [5.74, 6) is -2.14. The number of rotatable bonds is 5. The Hall–Kier alpha value is -3.41. The fourth-order valence-electron chi connectivity index (χ4n) is 3.43. The zero-order chi connectivity index (χ0) is 21.0. The fourth-order valence-corrected chi connectivity index (χ4v) is 3.43. The Kier molecular flexibility index (Phi) is 6.12. The zero-order valence-electron chi connectivity index (χ0n) is 16.8. The second-order valence-electron chi connectivity index (χ2n) is 6.90. The number of para-hydroxylation sites is 1. The van der Waals surface area contributed by atoms with E-state index in [-0.39, 0.29) is 24.5 Å². The molecule has 2 amide bonds. The van der Waals surface area contributed by atoms with Gasteiger partial charge in [-0.3, -0.25) is 14.5 Å². The van der Waals surface area contributed by atoms with Crippen molar-refractivity contribution in [1.29, 1.82) is 0 Å². The summed E-state index contributed by atoms with van der Waals surface area (Å²) >= 11 is 0. The molecular formula is C23H24N2O4. The average Bonchev–Trinajstić information content (AvgIpc) is 2.70. The van der Waals surface area contributed by atoms with Crippen LogP contribution < -0.4 is 10.2 Å². The number of benzene rings is 2. The standard InChI is InChI=1S/C23H24N2O4/c1-4-29-23(28)21-16(3)25(18-8-6-5-7-9-18)20(26)14-19(21)22(27)24-17-12-10-15(2)11-13-17/h5-13,19H,4,14H2,1-3H3,(H,24,27)/t19-/m0/s1. The van der Waals surface area contributed by atoms with E-state index in [1.54, 1.807) is 38.1 Å². The molecule has 150 valence electrons. The molecule has 0 saturated carbocycles. The number of nitrogens with zero attached hydrogens (tertiary/aromatic N) is 1. The highest BCUT2D eigenvalue weighted by atomic mass is 16.5. The summed E-state index contributed by atoms with van der Waals surface area (Å²) in [5.41, 5.74) is 2.95. The minimum absolute atomic E-state index is 0.113. The largest absolute Gasteiger partial charge is 0.463 e. The normalized spacial score (nSPS) is 16.6. The topological polar surface area (TPSA) is 75.7 Å². The van der Waals surface area contributed by atoms with E-state index < -0.39 is 17.8 Å². The minimum atomic E-state index is -0.914. The summed E-state index contributed by atoms with van der Waals surface area (Å²) in [6.45, 7) is 5.51. The monoisotopic (exact) mass is 392 g/mol. The number of carbonyl (C=O) groups excluding carboxylic acids is 3. The number of nitrogens with one attached hydrogen (secondary N) is 1. The van der Waals surface area contributed by atoms with Crippen molar-refractivity contribution < 1.29 is 19.1 Å². The van der Waals surface area contributed by atoms with Crippen LogP contribution in [-0.4, -0.2) is 24.4 Å². The van der Waals surface area contributed by atoms with Gasteiger partial charge in [-0.1, -0.05) is 35.9 Å². The lowest BCUT2D eigenvalue weighted by Crippen LogP contribution is -2.43. The molecule has 2 aromatic rings. The predicted molar refractivity (Wildman–Crippen MR) is 111 cm³/mol. The third-order valence-electron chi connectivity index (χ3n) is 4.85. The Labute approximate surface area is 170 Å². The van der Waals surface area contributed by atoms with Gasteiger partial charge in [0, 0.05) is 23.5 Å². The molecule has 1 aliphatic rings. The van der Waals surface area contributed by atoms with E-state index in [0.717, 1.165) is 5.56 Å². The number of aryl methyl sites for hydroxylation is 1. The number of hydrogen-bond acceptors (Lipinski definition) is 4. The molecule has 1 atom stereocenters. The Balaban J connectivity index is 1.98. The van der Waals surface area contributed by atoms with Crippen LogP contribution in [0.3, 0.4) is 0 Å². The predicted octanol–water partition coefficient (Wildman–Crippen LogP) is 3.82. The van der Waals surface area contributed by atoms with E-state index in [1.807, 2.05) is 37.3 Å². The molecule has 1 heterocycles. The molecule has 1 aliphatic heterocycles. The summed E-state index contributed by atoms with van der Waals surface area (Å²) in [5, 5.41) is 2.81. The molecule has 0 bridgehead atoms. The first kappa shape index (κ1) is 20.3. The molecule has 0 unspecified atom stereocenters. The van der Waals surface area contributed by atoms with Gasteiger partial charge in [-0.2, -0.15) is 0 Å². The van der Waals surface area contributed by atoms with Crippen LogP contribution in [0, 0.1) is 12.8 Å². The number of ether oxygens (including phenoxy) is 1. The lowest BCUT2D eigenvalue weighted by Gasteiger charge is -2.33. The van der Waals surface area contributed by atoms with Crippen LogP contribution >= 0.6 is 0 Å². The number of carbonyl (C=O) groups is 3. The van der Waals surface area contributed by atoms with Gasteiger partial charge in [0.15, 0.2) is 0 Å². The van der Waals surface area contributed by atoms with Crippen molar-refractivity contribution in [2.24, 2.45) is 5.92 Å². The van der Waals surface area contributed by atoms with Gasteiger partial charge >= 0.3 is 5.97 Å². The maximum absolute atomic E-state index is 13.0. The van der Waals surface area contributed by atoms with Crippen LogP contribution in [0.1, 0.15) is 25.8 Å². The van der Waals surface area contributed by atoms with E-state index in [0.29, 0.717) is 17.1 Å². The van der Waals surface area contributed by atoms with E-state index in [1.165, 1.54) is 4.90 Å². The van der Waals surface area contributed by atoms with Crippen molar-refractivity contribution in [2.45, 2.75) is 27.2 Å². The zero-order valence-corrected chi connectivity index (χ0v) is 16.8. The number of esters is 1. The molecule has 0 aromatic heterocycles. The molecule has 0 saturated heterocycles. The molecule has 3 rings (SSSR count). The number of allylic oxidation sites excluding steroid dienone is 1. The number of hydrogen-bond donors (Lipinski definition) is 1. The molecule has 0 fully saturated rings. The first-order valence-corrected chi connectivity index (χ1v) is 9.55. The van der Waals surface area contributed by atoms with Crippen LogP contribution in [0.15, 0.2) is 65.9 Å².